The van der Waals surface area contributed by atoms with Crippen molar-refractivity contribution in [3.63, 3.8) is 0 Å². The molecule has 2 aromatic heterocycles. The number of amides is 3. The number of aryl methyl sites for hydroxylation is 1. The second-order valence-corrected chi connectivity index (χ2v) is 6.94. The Morgan fingerprint density at radius 3 is 2.89 bits per heavy atom. The van der Waals surface area contributed by atoms with Crippen LogP contribution in [0.25, 0.3) is 10.8 Å². The van der Waals surface area contributed by atoms with Gasteiger partial charge in [-0.2, -0.15) is 4.68 Å². The van der Waals surface area contributed by atoms with Gasteiger partial charge in [-0.15, -0.1) is 16.4 Å². The number of hydrogen-bond acceptors (Lipinski definition) is 8. The van der Waals surface area contributed by atoms with Gasteiger partial charge in [0, 0.05) is 6.04 Å². The molecule has 2 N–H and O–H groups in total. The van der Waals surface area contributed by atoms with Gasteiger partial charge < -0.3 is 14.5 Å². The first-order valence-electron chi connectivity index (χ1n) is 8.35. The minimum Gasteiger partial charge on any atom is -0.452 e. The molecule has 1 fully saturated rings. The summed E-state index contributed by atoms with van der Waals surface area (Å²) in [7, 11) is 0. The summed E-state index contributed by atoms with van der Waals surface area (Å²) < 4.78 is 11.0. The Bertz CT molecular complexity index is 883. The largest absolute Gasteiger partial charge is 0.452 e. The molecule has 0 bridgehead atoms. The molecule has 2 heterocycles. The van der Waals surface area contributed by atoms with Gasteiger partial charge in [-0.3, -0.25) is 14.9 Å². The minimum atomic E-state index is -1.14. The summed E-state index contributed by atoms with van der Waals surface area (Å²) in [6.45, 7) is 1.30. The third kappa shape index (κ3) is 5.26. The van der Waals surface area contributed by atoms with Crippen LogP contribution in [0.2, 0.25) is 0 Å². The maximum absolute atomic E-state index is 11.9. The fraction of sp³-hybridized carbons (Fsp3) is 0.438. The van der Waals surface area contributed by atoms with E-state index in [1.54, 1.807) is 12.1 Å². The molecule has 1 atom stereocenters. The number of nitrogens with one attached hydrogen (secondary N) is 2. The molecular weight excluding hydrogens is 376 g/mol. The summed E-state index contributed by atoms with van der Waals surface area (Å²) in [5, 5.41) is 10.5. The average molecular weight is 394 g/mol. The van der Waals surface area contributed by atoms with E-state index in [4.69, 9.17) is 9.15 Å². The number of carbonyl (C=O) groups is 3. The third-order valence-corrected chi connectivity index (χ3v) is 4.55. The zero-order chi connectivity index (χ0) is 19.4. The van der Waals surface area contributed by atoms with E-state index in [0.29, 0.717) is 4.88 Å². The van der Waals surface area contributed by atoms with Crippen molar-refractivity contribution in [2.24, 2.45) is 0 Å². The SMILES string of the molecule is CC(OC(=O)CCn1nc(-c2cccs2)oc1=O)C(=O)NC(=O)NC1CC1. The summed E-state index contributed by atoms with van der Waals surface area (Å²) in [5.74, 6) is -1.93. The second kappa shape index (κ2) is 8.16. The molecule has 11 heteroatoms. The van der Waals surface area contributed by atoms with Crippen molar-refractivity contribution in [3.05, 3.63) is 28.1 Å². The molecule has 0 aromatic carbocycles. The lowest BCUT2D eigenvalue weighted by molar-refractivity contribution is -0.154. The van der Waals surface area contributed by atoms with Crippen LogP contribution in [-0.2, 0) is 20.9 Å². The maximum Gasteiger partial charge on any atom is 0.437 e. The first-order valence-corrected chi connectivity index (χ1v) is 9.23. The predicted octanol–water partition coefficient (Wildman–Crippen LogP) is 0.875. The third-order valence-electron chi connectivity index (χ3n) is 3.69. The van der Waals surface area contributed by atoms with Gasteiger partial charge in [0.2, 0.25) is 0 Å². The molecular formula is C16H18N4O6S. The standard InChI is InChI=1S/C16H18N4O6S/c1-9(13(22)18-15(23)17-10-4-5-10)25-12(21)6-7-20-16(24)26-14(19-20)11-3-2-8-27-11/h2-3,8-10H,4-7H2,1H3,(H2,17,18,22,23). The number of imide groups is 1. The molecule has 1 aliphatic carbocycles. The smallest absolute Gasteiger partial charge is 0.437 e. The Morgan fingerprint density at radius 2 is 2.22 bits per heavy atom. The number of hydrogen-bond donors (Lipinski definition) is 2. The van der Waals surface area contributed by atoms with E-state index in [1.165, 1.54) is 18.3 Å². The van der Waals surface area contributed by atoms with Crippen molar-refractivity contribution in [1.29, 1.82) is 0 Å². The van der Waals surface area contributed by atoms with Crippen molar-refractivity contribution in [1.82, 2.24) is 20.4 Å². The van der Waals surface area contributed by atoms with Gasteiger partial charge in [-0.25, -0.2) is 9.59 Å². The van der Waals surface area contributed by atoms with Crippen LogP contribution in [0.5, 0.6) is 0 Å². The van der Waals surface area contributed by atoms with E-state index in [0.717, 1.165) is 17.5 Å². The predicted molar refractivity (Wildman–Crippen MR) is 93.9 cm³/mol. The summed E-state index contributed by atoms with van der Waals surface area (Å²) >= 11 is 1.37. The van der Waals surface area contributed by atoms with Gasteiger partial charge in [0.25, 0.3) is 11.8 Å². The lowest BCUT2D eigenvalue weighted by Crippen LogP contribution is -2.45. The molecule has 27 heavy (non-hydrogen) atoms. The quantitative estimate of drug-likeness (QED) is 0.666. The number of carbonyl (C=O) groups excluding carboxylic acids is 3. The summed E-state index contributed by atoms with van der Waals surface area (Å²) in [6.07, 6.45) is 0.462. The van der Waals surface area contributed by atoms with Crippen molar-refractivity contribution in [2.75, 3.05) is 0 Å². The first kappa shape index (κ1) is 18.8. The van der Waals surface area contributed by atoms with Gasteiger partial charge in [0.05, 0.1) is 17.8 Å². The average Bonchev–Trinajstić information content (AvgIpc) is 3.11. The number of thiophene rings is 1. The number of aromatic nitrogens is 2. The van der Waals surface area contributed by atoms with Crippen LogP contribution in [-0.4, -0.2) is 39.8 Å². The fourth-order valence-electron chi connectivity index (χ4n) is 2.12. The molecule has 0 radical (unpaired) electrons. The van der Waals surface area contributed by atoms with Crippen LogP contribution >= 0.6 is 11.3 Å². The number of rotatable bonds is 7. The Morgan fingerprint density at radius 1 is 1.44 bits per heavy atom. The van der Waals surface area contributed by atoms with Gasteiger partial charge in [0.15, 0.2) is 6.10 Å². The lowest BCUT2D eigenvalue weighted by atomic mass is 10.3. The van der Waals surface area contributed by atoms with Crippen LogP contribution in [0.4, 0.5) is 4.79 Å². The van der Waals surface area contributed by atoms with Gasteiger partial charge in [-0.05, 0) is 31.2 Å². The molecule has 2 aromatic rings. The molecule has 1 unspecified atom stereocenters. The van der Waals surface area contributed by atoms with Crippen LogP contribution in [0, 0.1) is 0 Å². The molecule has 1 saturated carbocycles. The highest BCUT2D eigenvalue weighted by Gasteiger charge is 2.26. The molecule has 144 valence electrons. The van der Waals surface area contributed by atoms with E-state index in [-0.39, 0.29) is 24.9 Å². The molecule has 0 aliphatic heterocycles. The van der Waals surface area contributed by atoms with Crippen LogP contribution in [0.1, 0.15) is 26.2 Å². The van der Waals surface area contributed by atoms with Crippen molar-refractivity contribution in [2.45, 2.75) is 44.9 Å². The van der Waals surface area contributed by atoms with E-state index in [2.05, 4.69) is 15.7 Å². The van der Waals surface area contributed by atoms with Crippen molar-refractivity contribution >= 4 is 29.2 Å². The number of ether oxygens (including phenoxy) is 1. The zero-order valence-corrected chi connectivity index (χ0v) is 15.3. The normalized spacial score (nSPS) is 14.4. The molecule has 0 saturated heterocycles. The van der Waals surface area contributed by atoms with Crippen LogP contribution < -0.4 is 16.4 Å². The Balaban J connectivity index is 1.45. The van der Waals surface area contributed by atoms with Crippen LogP contribution in [0.3, 0.4) is 0 Å². The molecule has 0 spiro atoms. The Kier molecular flexibility index (Phi) is 5.69. The summed E-state index contributed by atoms with van der Waals surface area (Å²) in [4.78, 5) is 47.7. The highest BCUT2D eigenvalue weighted by molar-refractivity contribution is 7.13. The van der Waals surface area contributed by atoms with E-state index < -0.39 is 29.8 Å². The lowest BCUT2D eigenvalue weighted by Gasteiger charge is -2.13. The van der Waals surface area contributed by atoms with Gasteiger partial charge in [-0.1, -0.05) is 6.07 Å². The van der Waals surface area contributed by atoms with E-state index in [9.17, 15) is 19.2 Å². The Hall–Kier alpha value is -2.95. The molecule has 3 amide bonds. The van der Waals surface area contributed by atoms with Gasteiger partial charge in [0.1, 0.15) is 0 Å². The molecule has 1 aliphatic rings. The maximum atomic E-state index is 11.9. The number of urea groups is 1. The van der Waals surface area contributed by atoms with Gasteiger partial charge >= 0.3 is 17.8 Å². The number of nitrogens with zero attached hydrogens (tertiary/aromatic N) is 2. The first-order chi connectivity index (χ1) is 12.9. The van der Waals surface area contributed by atoms with Crippen molar-refractivity contribution < 1.29 is 23.5 Å². The van der Waals surface area contributed by atoms with E-state index >= 15 is 0 Å². The van der Waals surface area contributed by atoms with E-state index in [1.807, 2.05) is 5.38 Å². The monoisotopic (exact) mass is 394 g/mol. The minimum absolute atomic E-state index is 0.0525. The summed E-state index contributed by atoms with van der Waals surface area (Å²) in [5.41, 5.74) is 0. The van der Waals surface area contributed by atoms with Crippen molar-refractivity contribution in [3.8, 4) is 10.8 Å². The van der Waals surface area contributed by atoms with Crippen LogP contribution in [0.15, 0.2) is 26.7 Å². The highest BCUT2D eigenvalue weighted by atomic mass is 32.1. The molecule has 10 nitrogen and oxygen atoms in total. The summed E-state index contributed by atoms with van der Waals surface area (Å²) in [6, 6.07) is 3.05. The topological polar surface area (TPSA) is 133 Å². The second-order valence-electron chi connectivity index (χ2n) is 5.99. The highest BCUT2D eigenvalue weighted by Crippen LogP contribution is 2.21. The Labute approximate surface area is 157 Å². The zero-order valence-electron chi connectivity index (χ0n) is 14.5. The molecule has 3 rings (SSSR count). The fourth-order valence-corrected chi connectivity index (χ4v) is 2.76. The number of esters is 1.